The van der Waals surface area contributed by atoms with Crippen molar-refractivity contribution in [2.45, 2.75) is 12.5 Å². The van der Waals surface area contributed by atoms with Crippen molar-refractivity contribution in [3.63, 3.8) is 0 Å². The zero-order valence-corrected chi connectivity index (χ0v) is 9.50. The van der Waals surface area contributed by atoms with E-state index >= 15 is 0 Å². The topological polar surface area (TPSA) is 101 Å². The molecule has 2 amide bonds. The van der Waals surface area contributed by atoms with Gasteiger partial charge in [-0.05, 0) is 18.6 Å². The molecule has 1 unspecified atom stereocenters. The van der Waals surface area contributed by atoms with E-state index in [1.807, 2.05) is 0 Å². The number of carboxylic acids is 1. The molecule has 2 rings (SSSR count). The first-order chi connectivity index (χ1) is 8.52. The molecular weight excluding hydrogens is 236 g/mol. The molecule has 6 heteroatoms. The third-order valence-electron chi connectivity index (χ3n) is 2.86. The van der Waals surface area contributed by atoms with Gasteiger partial charge in [0.05, 0.1) is 11.1 Å². The summed E-state index contributed by atoms with van der Waals surface area (Å²) in [5, 5.41) is 8.65. The highest BCUT2D eigenvalue weighted by Crippen LogP contribution is 2.22. The van der Waals surface area contributed by atoms with Crippen molar-refractivity contribution in [2.24, 2.45) is 5.73 Å². The maximum absolute atomic E-state index is 11.9. The van der Waals surface area contributed by atoms with Crippen LogP contribution in [0.5, 0.6) is 0 Å². The number of nitrogens with zero attached hydrogens (tertiary/aromatic N) is 1. The molecule has 1 heterocycles. The Balaban J connectivity index is 2.12. The van der Waals surface area contributed by atoms with Gasteiger partial charge in [0, 0.05) is 6.54 Å². The van der Waals surface area contributed by atoms with Crippen molar-refractivity contribution in [3.8, 4) is 0 Å². The number of aliphatic carboxylic acids is 1. The van der Waals surface area contributed by atoms with Crippen LogP contribution in [0.4, 0.5) is 0 Å². The van der Waals surface area contributed by atoms with Crippen LogP contribution in [0.1, 0.15) is 27.1 Å². The van der Waals surface area contributed by atoms with E-state index in [-0.39, 0.29) is 13.0 Å². The second-order valence-corrected chi connectivity index (χ2v) is 4.04. The fraction of sp³-hybridized carbons (Fsp3) is 0.250. The molecule has 0 saturated carbocycles. The average Bonchev–Trinajstić information content (AvgIpc) is 2.60. The van der Waals surface area contributed by atoms with Crippen LogP contribution in [-0.2, 0) is 4.79 Å². The number of amides is 2. The lowest BCUT2D eigenvalue weighted by molar-refractivity contribution is -0.138. The summed E-state index contributed by atoms with van der Waals surface area (Å²) in [6.07, 6.45) is 0.0425. The number of nitrogens with two attached hydrogens (primary N) is 1. The minimum atomic E-state index is -1.15. The van der Waals surface area contributed by atoms with E-state index in [4.69, 9.17) is 10.8 Å². The van der Waals surface area contributed by atoms with Crippen LogP contribution in [0.15, 0.2) is 24.3 Å². The van der Waals surface area contributed by atoms with Gasteiger partial charge in [-0.25, -0.2) is 0 Å². The van der Waals surface area contributed by atoms with Gasteiger partial charge in [0.25, 0.3) is 11.8 Å². The fourth-order valence-electron chi connectivity index (χ4n) is 1.83. The summed E-state index contributed by atoms with van der Waals surface area (Å²) in [5.74, 6) is -1.94. The van der Waals surface area contributed by atoms with Gasteiger partial charge >= 0.3 is 5.97 Å². The third kappa shape index (κ3) is 1.98. The summed E-state index contributed by atoms with van der Waals surface area (Å²) in [6.45, 7) is 0.0137. The number of carbonyl (C=O) groups excluding carboxylic acids is 2. The van der Waals surface area contributed by atoms with Crippen LogP contribution in [-0.4, -0.2) is 40.4 Å². The molecule has 6 nitrogen and oxygen atoms in total. The number of fused-ring (bicyclic) bond motifs is 1. The molecule has 1 atom stereocenters. The highest BCUT2D eigenvalue weighted by atomic mass is 16.4. The first-order valence-corrected chi connectivity index (χ1v) is 5.46. The van der Waals surface area contributed by atoms with Gasteiger partial charge in [-0.3, -0.25) is 19.3 Å². The smallest absolute Gasteiger partial charge is 0.320 e. The molecule has 0 aliphatic carbocycles. The van der Waals surface area contributed by atoms with E-state index in [0.29, 0.717) is 11.1 Å². The summed E-state index contributed by atoms with van der Waals surface area (Å²) in [5.41, 5.74) is 6.05. The Bertz CT molecular complexity index is 492. The minimum absolute atomic E-state index is 0.0137. The normalized spacial score (nSPS) is 15.7. The summed E-state index contributed by atoms with van der Waals surface area (Å²) in [4.78, 5) is 35.4. The lowest BCUT2D eigenvalue weighted by Gasteiger charge is -2.15. The van der Waals surface area contributed by atoms with E-state index in [2.05, 4.69) is 0 Å². The van der Waals surface area contributed by atoms with Crippen LogP contribution < -0.4 is 5.73 Å². The van der Waals surface area contributed by atoms with E-state index < -0.39 is 23.8 Å². The summed E-state index contributed by atoms with van der Waals surface area (Å²) >= 11 is 0. The summed E-state index contributed by atoms with van der Waals surface area (Å²) in [7, 11) is 0. The largest absolute Gasteiger partial charge is 0.480 e. The standard InChI is InChI=1S/C12H12N2O4/c13-9(12(17)18)5-6-14-10(15)7-3-1-2-4-8(7)11(14)16/h1-4,9H,5-6,13H2,(H,17,18). The number of hydrogen-bond acceptors (Lipinski definition) is 4. The molecule has 3 N–H and O–H groups in total. The van der Waals surface area contributed by atoms with Crippen molar-refractivity contribution in [1.29, 1.82) is 0 Å². The van der Waals surface area contributed by atoms with Crippen molar-refractivity contribution in [2.75, 3.05) is 6.54 Å². The van der Waals surface area contributed by atoms with E-state index in [1.165, 1.54) is 0 Å². The minimum Gasteiger partial charge on any atom is -0.480 e. The number of carbonyl (C=O) groups is 3. The number of imide groups is 1. The Morgan fingerprint density at radius 2 is 1.72 bits per heavy atom. The molecule has 0 aromatic heterocycles. The van der Waals surface area contributed by atoms with Crippen molar-refractivity contribution in [3.05, 3.63) is 35.4 Å². The van der Waals surface area contributed by atoms with Crippen LogP contribution in [0, 0.1) is 0 Å². The summed E-state index contributed by atoms with van der Waals surface area (Å²) < 4.78 is 0. The lowest BCUT2D eigenvalue weighted by atomic mass is 10.1. The van der Waals surface area contributed by atoms with Crippen LogP contribution >= 0.6 is 0 Å². The van der Waals surface area contributed by atoms with Gasteiger partial charge in [-0.15, -0.1) is 0 Å². The highest BCUT2D eigenvalue weighted by molar-refractivity contribution is 6.21. The van der Waals surface area contributed by atoms with Crippen molar-refractivity contribution >= 4 is 17.8 Å². The molecule has 18 heavy (non-hydrogen) atoms. The SMILES string of the molecule is NC(CCN1C(=O)c2ccccc2C1=O)C(=O)O. The van der Waals surface area contributed by atoms with Crippen LogP contribution in [0.3, 0.4) is 0 Å². The van der Waals surface area contributed by atoms with Gasteiger partial charge in [-0.2, -0.15) is 0 Å². The predicted molar refractivity (Wildman–Crippen MR) is 62.0 cm³/mol. The second kappa shape index (κ2) is 4.58. The number of rotatable bonds is 4. The Morgan fingerprint density at radius 1 is 1.22 bits per heavy atom. The molecular formula is C12H12N2O4. The van der Waals surface area contributed by atoms with Gasteiger partial charge < -0.3 is 10.8 Å². The van der Waals surface area contributed by atoms with E-state index in [9.17, 15) is 14.4 Å². The first-order valence-electron chi connectivity index (χ1n) is 5.46. The monoisotopic (exact) mass is 248 g/mol. The maximum atomic E-state index is 11.9. The van der Waals surface area contributed by atoms with Gasteiger partial charge in [0.2, 0.25) is 0 Å². The van der Waals surface area contributed by atoms with Crippen molar-refractivity contribution < 1.29 is 19.5 Å². The number of hydrogen-bond donors (Lipinski definition) is 2. The molecule has 1 aliphatic heterocycles. The average molecular weight is 248 g/mol. The van der Waals surface area contributed by atoms with Gasteiger partial charge in [-0.1, -0.05) is 12.1 Å². The Labute approximate surface area is 103 Å². The highest BCUT2D eigenvalue weighted by Gasteiger charge is 2.35. The third-order valence-corrected chi connectivity index (χ3v) is 2.86. The lowest BCUT2D eigenvalue weighted by Crippen LogP contribution is -2.37. The van der Waals surface area contributed by atoms with Gasteiger partial charge in [0.15, 0.2) is 0 Å². The Hall–Kier alpha value is -2.21. The first kappa shape index (κ1) is 12.3. The number of carboxylic acid groups (broad SMARTS) is 1. The fourth-order valence-corrected chi connectivity index (χ4v) is 1.83. The quantitative estimate of drug-likeness (QED) is 0.735. The number of benzene rings is 1. The zero-order chi connectivity index (χ0) is 13.3. The molecule has 0 radical (unpaired) electrons. The molecule has 1 aromatic rings. The van der Waals surface area contributed by atoms with Crippen LogP contribution in [0.25, 0.3) is 0 Å². The Kier molecular flexibility index (Phi) is 3.12. The second-order valence-electron chi connectivity index (χ2n) is 4.04. The molecule has 94 valence electrons. The van der Waals surface area contributed by atoms with Crippen molar-refractivity contribution in [1.82, 2.24) is 4.90 Å². The van der Waals surface area contributed by atoms with Crippen LogP contribution in [0.2, 0.25) is 0 Å². The molecule has 1 aromatic carbocycles. The molecule has 0 bridgehead atoms. The Morgan fingerprint density at radius 3 is 2.17 bits per heavy atom. The molecule has 1 aliphatic rings. The molecule has 0 saturated heterocycles. The van der Waals surface area contributed by atoms with Gasteiger partial charge in [0.1, 0.15) is 6.04 Å². The molecule has 0 fully saturated rings. The summed E-state index contributed by atoms with van der Waals surface area (Å²) in [6, 6.07) is 5.43. The zero-order valence-electron chi connectivity index (χ0n) is 9.50. The van der Waals surface area contributed by atoms with E-state index in [0.717, 1.165) is 4.90 Å². The molecule has 0 spiro atoms. The maximum Gasteiger partial charge on any atom is 0.320 e. The predicted octanol–water partition coefficient (Wildman–Crippen LogP) is 0.0846. The van der Waals surface area contributed by atoms with E-state index in [1.54, 1.807) is 24.3 Å².